The lowest BCUT2D eigenvalue weighted by molar-refractivity contribution is -0.159. The highest BCUT2D eigenvalue weighted by Crippen LogP contribution is 2.22. The number of nitrogens with zero attached hydrogens (tertiary/aromatic N) is 2. The maximum atomic E-state index is 12.3. The molecular weight excluding hydrogens is 264 g/mol. The summed E-state index contributed by atoms with van der Waals surface area (Å²) in [5.74, 6) is -0.0892. The zero-order valence-corrected chi connectivity index (χ0v) is 12.0. The lowest BCUT2D eigenvalue weighted by Gasteiger charge is -2.41. The number of piperazine rings is 1. The summed E-state index contributed by atoms with van der Waals surface area (Å²) in [4.78, 5) is 27.4. The van der Waals surface area contributed by atoms with E-state index in [4.69, 9.17) is 11.6 Å². The van der Waals surface area contributed by atoms with Crippen molar-refractivity contribution in [3.63, 3.8) is 0 Å². The predicted molar refractivity (Wildman–Crippen MR) is 73.7 cm³/mol. The summed E-state index contributed by atoms with van der Waals surface area (Å²) in [5.41, 5.74) is 0.855. The zero-order chi connectivity index (χ0) is 14.2. The largest absolute Gasteiger partial charge is 0.332 e. The molecule has 1 aliphatic heterocycles. The van der Waals surface area contributed by atoms with Gasteiger partial charge < -0.3 is 9.80 Å². The molecule has 2 atom stereocenters. The Morgan fingerprint density at radius 3 is 2.37 bits per heavy atom. The van der Waals surface area contributed by atoms with Crippen LogP contribution in [0.1, 0.15) is 19.4 Å². The lowest BCUT2D eigenvalue weighted by atomic mass is 10.1. The van der Waals surface area contributed by atoms with Crippen LogP contribution in [0.5, 0.6) is 0 Å². The first-order chi connectivity index (χ1) is 8.93. The van der Waals surface area contributed by atoms with Crippen molar-refractivity contribution in [2.75, 3.05) is 7.05 Å². The summed E-state index contributed by atoms with van der Waals surface area (Å²) in [6.07, 6.45) is 0. The topological polar surface area (TPSA) is 40.6 Å². The van der Waals surface area contributed by atoms with Crippen LogP contribution in [0.4, 0.5) is 0 Å². The average molecular weight is 281 g/mol. The number of rotatable bonds is 2. The molecule has 4 nitrogen and oxygen atoms in total. The van der Waals surface area contributed by atoms with Crippen molar-refractivity contribution in [2.45, 2.75) is 32.5 Å². The van der Waals surface area contributed by atoms with Gasteiger partial charge in [0.15, 0.2) is 0 Å². The molecular formula is C14H17ClN2O2. The van der Waals surface area contributed by atoms with Gasteiger partial charge in [0, 0.05) is 18.6 Å². The Hall–Kier alpha value is -1.55. The molecule has 1 saturated heterocycles. The third-order valence-electron chi connectivity index (χ3n) is 3.69. The van der Waals surface area contributed by atoms with Crippen LogP contribution in [0.2, 0.25) is 5.02 Å². The van der Waals surface area contributed by atoms with Gasteiger partial charge >= 0.3 is 0 Å². The van der Waals surface area contributed by atoms with Crippen molar-refractivity contribution in [2.24, 2.45) is 0 Å². The molecule has 1 aromatic rings. The molecule has 2 amide bonds. The molecule has 0 N–H and O–H groups in total. The first kappa shape index (κ1) is 13.9. The molecule has 5 heteroatoms. The lowest BCUT2D eigenvalue weighted by Crippen LogP contribution is -2.61. The van der Waals surface area contributed by atoms with E-state index in [0.29, 0.717) is 11.6 Å². The van der Waals surface area contributed by atoms with Crippen molar-refractivity contribution in [1.82, 2.24) is 9.80 Å². The summed E-state index contributed by atoms with van der Waals surface area (Å²) in [6.45, 7) is 3.86. The minimum absolute atomic E-state index is 0.0425. The van der Waals surface area contributed by atoms with Gasteiger partial charge in [0.25, 0.3) is 0 Å². The van der Waals surface area contributed by atoms with E-state index in [2.05, 4.69) is 0 Å². The number of carbonyl (C=O) groups excluding carboxylic acids is 2. The number of halogens is 1. The number of hydrogen-bond acceptors (Lipinski definition) is 2. The molecule has 1 fully saturated rings. The number of amides is 2. The van der Waals surface area contributed by atoms with Crippen LogP contribution in [0.15, 0.2) is 24.3 Å². The molecule has 0 saturated carbocycles. The third-order valence-corrected chi connectivity index (χ3v) is 4.06. The quantitative estimate of drug-likeness (QED) is 0.830. The Morgan fingerprint density at radius 2 is 1.74 bits per heavy atom. The number of hydrogen-bond donors (Lipinski definition) is 0. The van der Waals surface area contributed by atoms with Crippen LogP contribution >= 0.6 is 11.6 Å². The molecule has 0 aromatic heterocycles. The maximum Gasteiger partial charge on any atom is 0.246 e. The first-order valence-electron chi connectivity index (χ1n) is 6.24. The van der Waals surface area contributed by atoms with Crippen molar-refractivity contribution >= 4 is 23.4 Å². The van der Waals surface area contributed by atoms with E-state index in [1.165, 1.54) is 4.90 Å². The monoisotopic (exact) mass is 280 g/mol. The molecule has 0 spiro atoms. The van der Waals surface area contributed by atoms with E-state index in [1.807, 2.05) is 18.2 Å². The molecule has 1 aromatic carbocycles. The first-order valence-corrected chi connectivity index (χ1v) is 6.62. The van der Waals surface area contributed by atoms with Gasteiger partial charge in [-0.1, -0.05) is 29.8 Å². The summed E-state index contributed by atoms with van der Waals surface area (Å²) < 4.78 is 0. The van der Waals surface area contributed by atoms with Gasteiger partial charge in [-0.2, -0.15) is 0 Å². The fourth-order valence-corrected chi connectivity index (χ4v) is 2.44. The van der Waals surface area contributed by atoms with Gasteiger partial charge in [-0.15, -0.1) is 0 Å². The van der Waals surface area contributed by atoms with Gasteiger partial charge in [-0.25, -0.2) is 0 Å². The normalized spacial score (nSPS) is 24.0. The Kier molecular flexibility index (Phi) is 3.80. The average Bonchev–Trinajstić information content (AvgIpc) is 2.41. The molecule has 0 aliphatic carbocycles. The van der Waals surface area contributed by atoms with Crippen LogP contribution in [0.25, 0.3) is 0 Å². The second kappa shape index (κ2) is 5.21. The summed E-state index contributed by atoms with van der Waals surface area (Å²) >= 11 is 6.11. The fraction of sp³-hybridized carbons (Fsp3) is 0.429. The second-order valence-corrected chi connectivity index (χ2v) is 5.27. The van der Waals surface area contributed by atoms with Crippen LogP contribution in [0.3, 0.4) is 0 Å². The summed E-state index contributed by atoms with van der Waals surface area (Å²) in [5, 5.41) is 0.613. The SMILES string of the molecule is C[C@H]1C(=O)N(Cc2ccccc2Cl)[C@@H](C)C(=O)N1C. The van der Waals surface area contributed by atoms with Gasteiger partial charge in [0.1, 0.15) is 12.1 Å². The molecule has 19 heavy (non-hydrogen) atoms. The van der Waals surface area contributed by atoms with Crippen molar-refractivity contribution in [1.29, 1.82) is 0 Å². The molecule has 1 aliphatic rings. The fourth-order valence-electron chi connectivity index (χ4n) is 2.24. The summed E-state index contributed by atoms with van der Waals surface area (Å²) in [6, 6.07) is 6.49. The molecule has 0 bridgehead atoms. The van der Waals surface area contributed by atoms with E-state index >= 15 is 0 Å². The molecule has 0 radical (unpaired) electrons. The van der Waals surface area contributed by atoms with E-state index < -0.39 is 12.1 Å². The van der Waals surface area contributed by atoms with Crippen molar-refractivity contribution in [3.8, 4) is 0 Å². The van der Waals surface area contributed by atoms with Crippen LogP contribution in [-0.4, -0.2) is 40.7 Å². The predicted octanol–water partition coefficient (Wildman–Crippen LogP) is 1.92. The Morgan fingerprint density at radius 1 is 1.11 bits per heavy atom. The van der Waals surface area contributed by atoms with E-state index in [0.717, 1.165) is 5.56 Å². The molecule has 102 valence electrons. The Labute approximate surface area is 117 Å². The van der Waals surface area contributed by atoms with Gasteiger partial charge in [-0.3, -0.25) is 9.59 Å². The van der Waals surface area contributed by atoms with E-state index in [1.54, 1.807) is 31.9 Å². The summed E-state index contributed by atoms with van der Waals surface area (Å²) in [7, 11) is 1.66. The molecule has 1 heterocycles. The van der Waals surface area contributed by atoms with Gasteiger partial charge in [-0.05, 0) is 25.5 Å². The molecule has 2 rings (SSSR count). The smallest absolute Gasteiger partial charge is 0.246 e. The standard InChI is InChI=1S/C14H17ClN2O2/c1-9-14(19)17(10(2)13(18)16(9)3)8-11-6-4-5-7-12(11)15/h4-7,9-10H,8H2,1-3H3/t9-,10-/m0/s1. The van der Waals surface area contributed by atoms with Crippen LogP contribution < -0.4 is 0 Å². The van der Waals surface area contributed by atoms with E-state index in [9.17, 15) is 9.59 Å². The zero-order valence-electron chi connectivity index (χ0n) is 11.3. The maximum absolute atomic E-state index is 12.3. The van der Waals surface area contributed by atoms with E-state index in [-0.39, 0.29) is 11.8 Å². The molecule has 0 unspecified atom stereocenters. The minimum Gasteiger partial charge on any atom is -0.332 e. The number of benzene rings is 1. The minimum atomic E-state index is -0.454. The Bertz CT molecular complexity index is 518. The second-order valence-electron chi connectivity index (χ2n) is 4.86. The third kappa shape index (κ3) is 2.45. The van der Waals surface area contributed by atoms with Crippen molar-refractivity contribution in [3.05, 3.63) is 34.9 Å². The number of likely N-dealkylation sites (N-methyl/N-ethyl adjacent to an activating group) is 1. The number of carbonyl (C=O) groups is 2. The highest BCUT2D eigenvalue weighted by molar-refractivity contribution is 6.31. The van der Waals surface area contributed by atoms with Gasteiger partial charge in [0.2, 0.25) is 11.8 Å². The van der Waals surface area contributed by atoms with Crippen molar-refractivity contribution < 1.29 is 9.59 Å². The highest BCUT2D eigenvalue weighted by atomic mass is 35.5. The van der Waals surface area contributed by atoms with Crippen LogP contribution in [-0.2, 0) is 16.1 Å². The van der Waals surface area contributed by atoms with Crippen LogP contribution in [0, 0.1) is 0 Å². The Balaban J connectivity index is 2.26. The highest BCUT2D eigenvalue weighted by Gasteiger charge is 2.39. The van der Waals surface area contributed by atoms with Gasteiger partial charge in [0.05, 0.1) is 0 Å².